The minimum absolute atomic E-state index is 0.0458. The summed E-state index contributed by atoms with van der Waals surface area (Å²) in [4.78, 5) is 33.8. The number of ether oxygens (including phenoxy) is 1. The van der Waals surface area contributed by atoms with Gasteiger partial charge in [0, 0.05) is 36.1 Å². The van der Waals surface area contributed by atoms with Crippen LogP contribution in [0.5, 0.6) is 0 Å². The van der Waals surface area contributed by atoms with Crippen LogP contribution in [0.2, 0.25) is 5.02 Å². The highest BCUT2D eigenvalue weighted by Crippen LogP contribution is 2.27. The van der Waals surface area contributed by atoms with Crippen LogP contribution in [-0.2, 0) is 21.4 Å². The molecule has 0 unspecified atom stereocenters. The van der Waals surface area contributed by atoms with E-state index in [0.29, 0.717) is 0 Å². The quantitative estimate of drug-likeness (QED) is 0.349. The Morgan fingerprint density at radius 2 is 2.11 bits per heavy atom. The van der Waals surface area contributed by atoms with Gasteiger partial charge in [0.15, 0.2) is 6.61 Å². The molecule has 142 valence electrons. The normalized spacial score (nSPS) is 10.8. The van der Waals surface area contributed by atoms with Gasteiger partial charge in [-0.1, -0.05) is 11.6 Å². The minimum Gasteiger partial charge on any atom is -0.452 e. The van der Waals surface area contributed by atoms with E-state index in [1.54, 1.807) is 17.8 Å². The van der Waals surface area contributed by atoms with E-state index in [1.165, 1.54) is 18.2 Å². The summed E-state index contributed by atoms with van der Waals surface area (Å²) in [7, 11) is 1.80. The van der Waals surface area contributed by atoms with Crippen molar-refractivity contribution in [2.45, 2.75) is 13.8 Å². The first-order chi connectivity index (χ1) is 12.7. The fourth-order valence-corrected chi connectivity index (χ4v) is 2.48. The third-order valence-electron chi connectivity index (χ3n) is 3.72. The van der Waals surface area contributed by atoms with Gasteiger partial charge in [-0.2, -0.15) is 5.10 Å². The second-order valence-corrected chi connectivity index (χ2v) is 6.03. The maximum Gasteiger partial charge on any atom is 0.331 e. The number of esters is 1. The molecular formula is C17H17ClN4O5. The lowest BCUT2D eigenvalue weighted by atomic mass is 10.2. The molecule has 0 bridgehead atoms. The molecule has 1 N–H and O–H groups in total. The Kier molecular flexibility index (Phi) is 6.30. The van der Waals surface area contributed by atoms with E-state index in [4.69, 9.17) is 16.3 Å². The maximum atomic E-state index is 11.8. The Labute approximate surface area is 159 Å². The van der Waals surface area contributed by atoms with Gasteiger partial charge in [0.1, 0.15) is 5.02 Å². The average Bonchev–Trinajstić information content (AvgIpc) is 2.84. The molecule has 9 nitrogen and oxygen atoms in total. The second-order valence-electron chi connectivity index (χ2n) is 5.62. The summed E-state index contributed by atoms with van der Waals surface area (Å²) in [6.45, 7) is 3.14. The molecule has 0 saturated carbocycles. The van der Waals surface area contributed by atoms with Crippen molar-refractivity contribution in [1.82, 2.24) is 9.78 Å². The molecule has 0 fully saturated rings. The van der Waals surface area contributed by atoms with Crippen LogP contribution in [0.1, 0.15) is 17.0 Å². The van der Waals surface area contributed by atoms with Crippen molar-refractivity contribution in [1.29, 1.82) is 0 Å². The first-order valence-electron chi connectivity index (χ1n) is 7.78. The Hall–Kier alpha value is -3.20. The molecule has 0 radical (unpaired) electrons. The molecule has 1 heterocycles. The summed E-state index contributed by atoms with van der Waals surface area (Å²) < 4.78 is 6.55. The Balaban J connectivity index is 1.92. The Bertz CT molecular complexity index is 936. The molecule has 2 rings (SSSR count). The third kappa shape index (κ3) is 5.14. The van der Waals surface area contributed by atoms with Crippen molar-refractivity contribution in [3.05, 3.63) is 56.4 Å². The van der Waals surface area contributed by atoms with Crippen molar-refractivity contribution in [2.24, 2.45) is 7.05 Å². The first-order valence-corrected chi connectivity index (χ1v) is 8.15. The van der Waals surface area contributed by atoms with Gasteiger partial charge >= 0.3 is 5.97 Å². The van der Waals surface area contributed by atoms with E-state index in [-0.39, 0.29) is 16.4 Å². The fourth-order valence-electron chi connectivity index (χ4n) is 2.29. The summed E-state index contributed by atoms with van der Waals surface area (Å²) in [5.41, 5.74) is 2.29. The van der Waals surface area contributed by atoms with Crippen molar-refractivity contribution in [3.8, 4) is 0 Å². The molecule has 0 saturated heterocycles. The van der Waals surface area contributed by atoms with Gasteiger partial charge < -0.3 is 10.1 Å². The van der Waals surface area contributed by atoms with Crippen LogP contribution in [0.15, 0.2) is 24.3 Å². The van der Waals surface area contributed by atoms with Gasteiger partial charge in [-0.25, -0.2) is 4.79 Å². The molecule has 10 heteroatoms. The number of aryl methyl sites for hydroxylation is 2. The number of benzene rings is 1. The molecule has 0 spiro atoms. The summed E-state index contributed by atoms with van der Waals surface area (Å²) in [5, 5.41) is 17.4. The lowest BCUT2D eigenvalue weighted by Crippen LogP contribution is -2.20. The highest BCUT2D eigenvalue weighted by molar-refractivity contribution is 6.32. The van der Waals surface area contributed by atoms with E-state index in [0.717, 1.165) is 23.0 Å². The van der Waals surface area contributed by atoms with Crippen molar-refractivity contribution < 1.29 is 19.2 Å². The van der Waals surface area contributed by atoms with E-state index in [2.05, 4.69) is 10.4 Å². The maximum absolute atomic E-state index is 11.8. The van der Waals surface area contributed by atoms with Crippen LogP contribution in [0.3, 0.4) is 0 Å². The van der Waals surface area contributed by atoms with Gasteiger partial charge in [-0.3, -0.25) is 19.6 Å². The highest BCUT2D eigenvalue weighted by atomic mass is 35.5. The summed E-state index contributed by atoms with van der Waals surface area (Å²) >= 11 is 5.70. The molecule has 0 atom stereocenters. The number of hydrogen-bond donors (Lipinski definition) is 1. The second kappa shape index (κ2) is 8.45. The predicted molar refractivity (Wildman–Crippen MR) is 99.4 cm³/mol. The summed E-state index contributed by atoms with van der Waals surface area (Å²) in [5.74, 6) is -1.34. The Morgan fingerprint density at radius 1 is 1.41 bits per heavy atom. The molecule has 0 aliphatic rings. The van der Waals surface area contributed by atoms with Gasteiger partial charge in [-0.15, -0.1) is 0 Å². The number of rotatable bonds is 6. The van der Waals surface area contributed by atoms with Crippen LogP contribution in [0.4, 0.5) is 11.4 Å². The van der Waals surface area contributed by atoms with E-state index in [1.807, 2.05) is 13.8 Å². The molecule has 0 aliphatic carbocycles. The zero-order chi connectivity index (χ0) is 20.1. The van der Waals surface area contributed by atoms with Crippen LogP contribution in [-0.4, -0.2) is 33.2 Å². The first kappa shape index (κ1) is 20.1. The van der Waals surface area contributed by atoms with Crippen molar-refractivity contribution in [2.75, 3.05) is 11.9 Å². The number of nitro benzene ring substituents is 1. The van der Waals surface area contributed by atoms with Crippen LogP contribution in [0.25, 0.3) is 6.08 Å². The number of halogens is 1. The molecule has 27 heavy (non-hydrogen) atoms. The SMILES string of the molecule is Cc1nn(C)c(C)c1/C=C/C(=O)OCC(=O)Nc1ccc(Cl)c([N+](=O)[O-])c1. The monoisotopic (exact) mass is 392 g/mol. The number of hydrogen-bond acceptors (Lipinski definition) is 6. The molecule has 1 aromatic carbocycles. The largest absolute Gasteiger partial charge is 0.452 e. The molecule has 2 aromatic rings. The topological polar surface area (TPSA) is 116 Å². The number of amides is 1. The number of aromatic nitrogens is 2. The van der Waals surface area contributed by atoms with Gasteiger partial charge in [-0.05, 0) is 32.1 Å². The zero-order valence-electron chi connectivity index (χ0n) is 14.9. The van der Waals surface area contributed by atoms with Crippen LogP contribution < -0.4 is 5.32 Å². The minimum atomic E-state index is -0.699. The fraction of sp³-hybridized carbons (Fsp3) is 0.235. The molecular weight excluding hydrogens is 376 g/mol. The highest BCUT2D eigenvalue weighted by Gasteiger charge is 2.14. The number of carbonyl (C=O) groups excluding carboxylic acids is 2. The van der Waals surface area contributed by atoms with E-state index in [9.17, 15) is 19.7 Å². The molecule has 0 aliphatic heterocycles. The lowest BCUT2D eigenvalue weighted by Gasteiger charge is -2.06. The van der Waals surface area contributed by atoms with Gasteiger partial charge in [0.05, 0.1) is 10.6 Å². The Morgan fingerprint density at radius 3 is 2.70 bits per heavy atom. The van der Waals surface area contributed by atoms with Crippen molar-refractivity contribution >= 4 is 40.9 Å². The standard InChI is InChI=1S/C17H17ClN4O5/c1-10-13(11(2)21(3)20-10)5-7-17(24)27-9-16(23)19-12-4-6-14(18)15(8-12)22(25)26/h4-8H,9H2,1-3H3,(H,19,23)/b7-5+. The van der Waals surface area contributed by atoms with Crippen LogP contribution in [0, 0.1) is 24.0 Å². The number of nitrogens with zero attached hydrogens (tertiary/aromatic N) is 3. The smallest absolute Gasteiger partial charge is 0.331 e. The van der Waals surface area contributed by atoms with Crippen LogP contribution >= 0.6 is 11.6 Å². The number of carbonyl (C=O) groups is 2. The number of nitro groups is 1. The number of anilines is 1. The number of nitrogens with one attached hydrogen (secondary N) is 1. The summed E-state index contributed by atoms with van der Waals surface area (Å²) in [6.07, 6.45) is 2.78. The predicted octanol–water partition coefficient (Wildman–Crippen LogP) is 2.79. The zero-order valence-corrected chi connectivity index (χ0v) is 15.6. The molecule has 1 amide bonds. The molecule has 1 aromatic heterocycles. The van der Waals surface area contributed by atoms with Gasteiger partial charge in [0.2, 0.25) is 0 Å². The lowest BCUT2D eigenvalue weighted by molar-refractivity contribution is -0.384. The van der Waals surface area contributed by atoms with E-state index >= 15 is 0 Å². The van der Waals surface area contributed by atoms with E-state index < -0.39 is 23.4 Å². The third-order valence-corrected chi connectivity index (χ3v) is 4.04. The summed E-state index contributed by atoms with van der Waals surface area (Å²) in [6, 6.07) is 3.82. The van der Waals surface area contributed by atoms with Crippen molar-refractivity contribution in [3.63, 3.8) is 0 Å². The van der Waals surface area contributed by atoms with Gasteiger partial charge in [0.25, 0.3) is 11.6 Å². The average molecular weight is 393 g/mol.